The van der Waals surface area contributed by atoms with E-state index in [1.54, 1.807) is 55.5 Å². The van der Waals surface area contributed by atoms with Crippen molar-refractivity contribution in [3.05, 3.63) is 93.1 Å². The average molecular weight is 461 g/mol. The summed E-state index contributed by atoms with van der Waals surface area (Å²) in [4.78, 5) is 41.8. The van der Waals surface area contributed by atoms with Crippen LogP contribution in [0.25, 0.3) is 5.65 Å². The highest BCUT2D eigenvalue weighted by molar-refractivity contribution is 6.05. The predicted octanol–water partition coefficient (Wildman–Crippen LogP) is 3.91. The summed E-state index contributed by atoms with van der Waals surface area (Å²) in [5.41, 5.74) is 2.17. The largest absolute Gasteiger partial charge is 0.494 e. The van der Waals surface area contributed by atoms with Crippen LogP contribution < -0.4 is 15.6 Å². The van der Waals surface area contributed by atoms with Crippen molar-refractivity contribution in [2.75, 3.05) is 11.9 Å². The van der Waals surface area contributed by atoms with Crippen molar-refractivity contribution < 1.29 is 23.6 Å². The molecule has 4 rings (SSSR count). The second kappa shape index (κ2) is 9.62. The van der Waals surface area contributed by atoms with E-state index in [-0.39, 0.29) is 18.1 Å². The lowest BCUT2D eigenvalue weighted by molar-refractivity contribution is 0.0467. The van der Waals surface area contributed by atoms with Gasteiger partial charge in [0.25, 0.3) is 11.5 Å². The van der Waals surface area contributed by atoms with Gasteiger partial charge in [0.05, 0.1) is 17.9 Å². The SMILES string of the molecule is CCOc1cccc(C(=O)Nc2cc(C(=O)OCc3cc(=O)n4oc(C)cc4n3)ccc2C)c1. The Morgan fingerprint density at radius 3 is 2.68 bits per heavy atom. The van der Waals surface area contributed by atoms with Crippen molar-refractivity contribution in [1.29, 1.82) is 0 Å². The summed E-state index contributed by atoms with van der Waals surface area (Å²) in [5, 5.41) is 2.83. The standard InChI is InChI=1S/C25H23N3O6/c1-4-32-20-7-5-6-17(11-20)24(30)27-21-12-18(9-8-15(21)2)25(31)33-14-19-13-23(29)28-22(26-19)10-16(3)34-28/h5-13H,4,14H2,1-3H3,(H,27,30). The first-order chi connectivity index (χ1) is 16.3. The van der Waals surface area contributed by atoms with Gasteiger partial charge in [-0.15, -0.1) is 4.57 Å². The van der Waals surface area contributed by atoms with Crippen LogP contribution in [0.5, 0.6) is 5.75 Å². The lowest BCUT2D eigenvalue weighted by atomic mass is 10.1. The quantitative estimate of drug-likeness (QED) is 0.415. The van der Waals surface area contributed by atoms with E-state index in [0.717, 1.165) is 10.1 Å². The monoisotopic (exact) mass is 461 g/mol. The first-order valence-corrected chi connectivity index (χ1v) is 10.7. The lowest BCUT2D eigenvalue weighted by Crippen LogP contribution is -2.15. The molecule has 0 fully saturated rings. The van der Waals surface area contributed by atoms with Gasteiger partial charge in [-0.2, -0.15) is 0 Å². The Morgan fingerprint density at radius 2 is 1.88 bits per heavy atom. The van der Waals surface area contributed by atoms with E-state index in [9.17, 15) is 14.4 Å². The minimum atomic E-state index is -0.612. The molecule has 0 saturated heterocycles. The van der Waals surface area contributed by atoms with Gasteiger partial charge < -0.3 is 19.3 Å². The zero-order chi connectivity index (χ0) is 24.2. The van der Waals surface area contributed by atoms with Crippen LogP contribution in [0.3, 0.4) is 0 Å². The number of nitrogens with zero attached hydrogens (tertiary/aromatic N) is 2. The van der Waals surface area contributed by atoms with Gasteiger partial charge in [0, 0.05) is 23.4 Å². The van der Waals surface area contributed by atoms with Crippen LogP contribution >= 0.6 is 0 Å². The Bertz CT molecular complexity index is 1440. The molecule has 4 aromatic rings. The molecule has 1 amide bonds. The molecular formula is C25H23N3O6. The molecule has 34 heavy (non-hydrogen) atoms. The van der Waals surface area contributed by atoms with Crippen LogP contribution in [0.1, 0.15) is 44.7 Å². The van der Waals surface area contributed by atoms with Crippen molar-refractivity contribution in [1.82, 2.24) is 9.56 Å². The van der Waals surface area contributed by atoms with Gasteiger partial charge in [-0.25, -0.2) is 9.78 Å². The number of ether oxygens (including phenoxy) is 2. The van der Waals surface area contributed by atoms with Crippen LogP contribution in [0.4, 0.5) is 5.69 Å². The van der Waals surface area contributed by atoms with Gasteiger partial charge in [0.15, 0.2) is 5.65 Å². The fourth-order valence-corrected chi connectivity index (χ4v) is 3.34. The number of carbonyl (C=O) groups is 2. The van der Waals surface area contributed by atoms with Crippen molar-refractivity contribution in [3.63, 3.8) is 0 Å². The number of carbonyl (C=O) groups excluding carboxylic acids is 2. The first kappa shape index (κ1) is 22.8. The number of hydrogen-bond acceptors (Lipinski definition) is 7. The van der Waals surface area contributed by atoms with E-state index in [2.05, 4.69) is 10.3 Å². The molecule has 2 heterocycles. The summed E-state index contributed by atoms with van der Waals surface area (Å²) in [6.07, 6.45) is 0. The van der Waals surface area contributed by atoms with Crippen LogP contribution in [0.15, 0.2) is 63.9 Å². The summed E-state index contributed by atoms with van der Waals surface area (Å²) in [6, 6.07) is 14.6. The summed E-state index contributed by atoms with van der Waals surface area (Å²) < 4.78 is 17.1. The van der Waals surface area contributed by atoms with Crippen LogP contribution in [-0.4, -0.2) is 28.0 Å². The molecule has 2 aromatic heterocycles. The molecule has 0 saturated carbocycles. The zero-order valence-corrected chi connectivity index (χ0v) is 19.0. The van der Waals surface area contributed by atoms with E-state index in [0.29, 0.717) is 40.7 Å². The van der Waals surface area contributed by atoms with E-state index >= 15 is 0 Å². The minimum Gasteiger partial charge on any atom is -0.494 e. The second-order valence-electron chi connectivity index (χ2n) is 7.61. The lowest BCUT2D eigenvalue weighted by Gasteiger charge is -2.11. The number of nitrogens with one attached hydrogen (secondary N) is 1. The molecule has 0 bridgehead atoms. The minimum absolute atomic E-state index is 0.186. The summed E-state index contributed by atoms with van der Waals surface area (Å²) >= 11 is 0. The van der Waals surface area contributed by atoms with Crippen LogP contribution in [0, 0.1) is 13.8 Å². The number of aryl methyl sites for hydroxylation is 2. The van der Waals surface area contributed by atoms with E-state index in [1.807, 2.05) is 13.8 Å². The third-order valence-corrected chi connectivity index (χ3v) is 5.00. The first-order valence-electron chi connectivity index (χ1n) is 10.7. The molecule has 1 N–H and O–H groups in total. The van der Waals surface area contributed by atoms with Gasteiger partial charge in [-0.05, 0) is 56.7 Å². The molecule has 0 radical (unpaired) electrons. The Hall–Kier alpha value is -4.40. The molecule has 0 atom stereocenters. The van der Waals surface area contributed by atoms with Crippen molar-refractivity contribution in [3.8, 4) is 5.75 Å². The Kier molecular flexibility index (Phi) is 6.44. The highest BCUT2D eigenvalue weighted by Gasteiger charge is 2.14. The molecule has 9 heteroatoms. The maximum Gasteiger partial charge on any atom is 0.338 e. The van der Waals surface area contributed by atoms with Gasteiger partial charge in [-0.3, -0.25) is 9.59 Å². The molecule has 2 aromatic carbocycles. The molecule has 0 spiro atoms. The van der Waals surface area contributed by atoms with Gasteiger partial charge in [0.2, 0.25) is 0 Å². The molecule has 9 nitrogen and oxygen atoms in total. The van der Waals surface area contributed by atoms with Crippen molar-refractivity contribution >= 4 is 23.2 Å². The third-order valence-electron chi connectivity index (χ3n) is 5.00. The smallest absolute Gasteiger partial charge is 0.338 e. The second-order valence-corrected chi connectivity index (χ2v) is 7.61. The highest BCUT2D eigenvalue weighted by atomic mass is 16.5. The number of fused-ring (bicyclic) bond motifs is 1. The van der Waals surface area contributed by atoms with Gasteiger partial charge in [-0.1, -0.05) is 12.1 Å². The fourth-order valence-electron chi connectivity index (χ4n) is 3.34. The number of anilines is 1. The Balaban J connectivity index is 1.47. The number of benzene rings is 2. The molecule has 174 valence electrons. The highest BCUT2D eigenvalue weighted by Crippen LogP contribution is 2.20. The Labute approximate surface area is 194 Å². The molecule has 0 aliphatic rings. The molecule has 0 aliphatic carbocycles. The maximum atomic E-state index is 12.7. The maximum absolute atomic E-state index is 12.7. The summed E-state index contributed by atoms with van der Waals surface area (Å²) in [5.74, 6) is 0.196. The zero-order valence-electron chi connectivity index (χ0n) is 19.0. The van der Waals surface area contributed by atoms with E-state index < -0.39 is 11.5 Å². The summed E-state index contributed by atoms with van der Waals surface area (Å²) in [6.45, 7) is 5.70. The van der Waals surface area contributed by atoms with E-state index in [4.69, 9.17) is 14.0 Å². The number of rotatable bonds is 7. The van der Waals surface area contributed by atoms with Gasteiger partial charge in [0.1, 0.15) is 18.1 Å². The molecular weight excluding hydrogens is 438 g/mol. The van der Waals surface area contributed by atoms with Crippen LogP contribution in [-0.2, 0) is 11.3 Å². The fraction of sp³-hybridized carbons (Fsp3) is 0.200. The number of esters is 1. The van der Waals surface area contributed by atoms with Crippen molar-refractivity contribution in [2.45, 2.75) is 27.4 Å². The normalized spacial score (nSPS) is 10.8. The third kappa shape index (κ3) is 4.98. The molecule has 0 aliphatic heterocycles. The number of hydrogen-bond donors (Lipinski definition) is 1. The Morgan fingerprint density at radius 1 is 1.06 bits per heavy atom. The predicted molar refractivity (Wildman–Crippen MR) is 124 cm³/mol. The number of aromatic nitrogens is 2. The van der Waals surface area contributed by atoms with Crippen LogP contribution in [0.2, 0.25) is 0 Å². The van der Waals surface area contributed by atoms with Crippen molar-refractivity contribution in [2.24, 2.45) is 0 Å². The van der Waals surface area contributed by atoms with Gasteiger partial charge >= 0.3 is 5.97 Å². The molecule has 0 unspecified atom stereocenters. The average Bonchev–Trinajstić information content (AvgIpc) is 3.20. The summed E-state index contributed by atoms with van der Waals surface area (Å²) in [7, 11) is 0. The number of amides is 1. The van der Waals surface area contributed by atoms with E-state index in [1.165, 1.54) is 6.07 Å². The topological polar surface area (TPSA) is 112 Å².